The molecule has 0 aromatic carbocycles. The first-order chi connectivity index (χ1) is 7.13. The lowest BCUT2D eigenvalue weighted by Gasteiger charge is -2.04. The highest BCUT2D eigenvalue weighted by Gasteiger charge is 2.05. The average Bonchev–Trinajstić information content (AvgIpc) is 2.51. The molecule has 0 aliphatic heterocycles. The molecule has 0 unspecified atom stereocenters. The number of rotatable bonds is 4. The normalized spacial score (nSPS) is 9.73. The Morgan fingerprint density at radius 2 is 2.27 bits per heavy atom. The summed E-state index contributed by atoms with van der Waals surface area (Å²) in [5.74, 6) is 1.70. The van der Waals surface area contributed by atoms with Gasteiger partial charge in [0, 0.05) is 18.7 Å². The van der Waals surface area contributed by atoms with Gasteiger partial charge in [-0.05, 0) is 19.9 Å². The predicted molar refractivity (Wildman–Crippen MR) is 58.6 cm³/mol. The van der Waals surface area contributed by atoms with Gasteiger partial charge in [0.2, 0.25) is 0 Å². The number of amides is 2. The van der Waals surface area contributed by atoms with Gasteiger partial charge >= 0.3 is 6.03 Å². The van der Waals surface area contributed by atoms with Gasteiger partial charge in [0.1, 0.15) is 11.5 Å². The minimum atomic E-state index is -0.201. The third-order valence-corrected chi connectivity index (χ3v) is 1.99. The Labute approximate surface area is 89.4 Å². The van der Waals surface area contributed by atoms with Gasteiger partial charge < -0.3 is 15.1 Å². The van der Waals surface area contributed by atoms with E-state index in [1.807, 2.05) is 19.9 Å². The Hall–Kier alpha value is -1.71. The van der Waals surface area contributed by atoms with E-state index in [2.05, 4.69) is 17.2 Å². The second-order valence-corrected chi connectivity index (χ2v) is 3.29. The number of carbonyl (C=O) groups is 1. The van der Waals surface area contributed by atoms with Gasteiger partial charge in [-0.25, -0.2) is 4.79 Å². The number of carbonyl (C=O) groups excluding carboxylic acids is 1. The Morgan fingerprint density at radius 1 is 1.53 bits per heavy atom. The highest BCUT2D eigenvalue weighted by Crippen LogP contribution is 2.12. The smallest absolute Gasteiger partial charge is 0.315 e. The number of nitrogens with one attached hydrogen (secondary N) is 2. The van der Waals surface area contributed by atoms with Crippen molar-refractivity contribution >= 4 is 6.03 Å². The molecule has 0 saturated heterocycles. The lowest BCUT2D eigenvalue weighted by atomic mass is 10.2. The maximum absolute atomic E-state index is 11.2. The molecule has 1 aromatic rings. The quantitative estimate of drug-likeness (QED) is 0.742. The van der Waals surface area contributed by atoms with Crippen molar-refractivity contribution < 1.29 is 9.21 Å². The molecule has 15 heavy (non-hydrogen) atoms. The summed E-state index contributed by atoms with van der Waals surface area (Å²) in [4.78, 5) is 11.2. The first-order valence-corrected chi connectivity index (χ1v) is 4.82. The molecule has 2 N–H and O–H groups in total. The van der Waals surface area contributed by atoms with Crippen LogP contribution in [0.15, 0.2) is 23.1 Å². The maximum atomic E-state index is 11.2. The van der Waals surface area contributed by atoms with E-state index >= 15 is 0 Å². The van der Waals surface area contributed by atoms with Crippen molar-refractivity contribution in [3.8, 4) is 0 Å². The summed E-state index contributed by atoms with van der Waals surface area (Å²) < 4.78 is 5.34. The monoisotopic (exact) mass is 208 g/mol. The molecule has 0 bridgehead atoms. The molecule has 1 aromatic heterocycles. The fourth-order valence-corrected chi connectivity index (χ4v) is 1.26. The molecular formula is C11H16N2O2. The van der Waals surface area contributed by atoms with Gasteiger partial charge in [0.25, 0.3) is 0 Å². The van der Waals surface area contributed by atoms with Crippen LogP contribution in [0.3, 0.4) is 0 Å². The molecule has 0 fully saturated rings. The van der Waals surface area contributed by atoms with E-state index in [0.717, 1.165) is 17.1 Å². The summed E-state index contributed by atoms with van der Waals surface area (Å²) in [5, 5.41) is 5.36. The molecule has 0 saturated carbocycles. The van der Waals surface area contributed by atoms with Crippen molar-refractivity contribution in [3.63, 3.8) is 0 Å². The van der Waals surface area contributed by atoms with Crippen molar-refractivity contribution in [1.29, 1.82) is 0 Å². The molecule has 82 valence electrons. The van der Waals surface area contributed by atoms with Crippen LogP contribution in [-0.2, 0) is 6.54 Å². The summed E-state index contributed by atoms with van der Waals surface area (Å²) in [6, 6.07) is 1.72. The maximum Gasteiger partial charge on any atom is 0.315 e. The van der Waals surface area contributed by atoms with E-state index < -0.39 is 0 Å². The van der Waals surface area contributed by atoms with Crippen LogP contribution < -0.4 is 10.6 Å². The van der Waals surface area contributed by atoms with E-state index in [9.17, 15) is 4.79 Å². The summed E-state index contributed by atoms with van der Waals surface area (Å²) in [6.07, 6.45) is 1.63. The van der Waals surface area contributed by atoms with Crippen molar-refractivity contribution in [2.75, 3.05) is 6.54 Å². The lowest BCUT2D eigenvalue weighted by molar-refractivity contribution is 0.241. The first-order valence-electron chi connectivity index (χ1n) is 4.82. The SMILES string of the molecule is C=CCNC(=O)NCc1cc(C)oc1C. The van der Waals surface area contributed by atoms with Crippen LogP contribution in [0.5, 0.6) is 0 Å². The van der Waals surface area contributed by atoms with Gasteiger partial charge in [-0.2, -0.15) is 0 Å². The van der Waals surface area contributed by atoms with Crippen LogP contribution in [0.4, 0.5) is 4.79 Å². The molecule has 0 spiro atoms. The molecule has 0 atom stereocenters. The number of aryl methyl sites for hydroxylation is 2. The summed E-state index contributed by atoms with van der Waals surface area (Å²) in [6.45, 7) is 8.22. The minimum Gasteiger partial charge on any atom is -0.466 e. The molecule has 0 aliphatic carbocycles. The molecular weight excluding hydrogens is 192 g/mol. The lowest BCUT2D eigenvalue weighted by Crippen LogP contribution is -2.34. The molecule has 0 radical (unpaired) electrons. The van der Waals surface area contributed by atoms with Crippen LogP contribution in [0.2, 0.25) is 0 Å². The van der Waals surface area contributed by atoms with Gasteiger partial charge in [-0.1, -0.05) is 6.08 Å². The topological polar surface area (TPSA) is 54.3 Å². The predicted octanol–water partition coefficient (Wildman–Crippen LogP) is 1.88. The highest BCUT2D eigenvalue weighted by molar-refractivity contribution is 5.73. The molecule has 1 rings (SSSR count). The molecule has 4 heteroatoms. The zero-order valence-corrected chi connectivity index (χ0v) is 9.09. The molecule has 2 amide bonds. The third kappa shape index (κ3) is 3.50. The number of hydrogen-bond donors (Lipinski definition) is 2. The Balaban J connectivity index is 2.39. The van der Waals surface area contributed by atoms with E-state index in [1.54, 1.807) is 6.08 Å². The van der Waals surface area contributed by atoms with Gasteiger partial charge in [0.15, 0.2) is 0 Å². The second-order valence-electron chi connectivity index (χ2n) is 3.29. The van der Waals surface area contributed by atoms with Crippen LogP contribution in [-0.4, -0.2) is 12.6 Å². The van der Waals surface area contributed by atoms with Crippen molar-refractivity contribution in [1.82, 2.24) is 10.6 Å². The van der Waals surface area contributed by atoms with E-state index in [4.69, 9.17) is 4.42 Å². The molecule has 4 nitrogen and oxygen atoms in total. The van der Waals surface area contributed by atoms with Gasteiger partial charge in [-0.3, -0.25) is 0 Å². The van der Waals surface area contributed by atoms with Gasteiger partial charge in [0.05, 0.1) is 0 Å². The summed E-state index contributed by atoms with van der Waals surface area (Å²) in [7, 11) is 0. The minimum absolute atomic E-state index is 0.201. The van der Waals surface area contributed by atoms with Crippen LogP contribution in [0.25, 0.3) is 0 Å². The zero-order valence-electron chi connectivity index (χ0n) is 9.09. The van der Waals surface area contributed by atoms with Crippen molar-refractivity contribution in [2.24, 2.45) is 0 Å². The first kappa shape index (κ1) is 11.4. The Kier molecular flexibility index (Phi) is 3.97. The second kappa shape index (κ2) is 5.24. The van der Waals surface area contributed by atoms with Crippen LogP contribution in [0.1, 0.15) is 17.1 Å². The molecule has 0 aliphatic rings. The van der Waals surface area contributed by atoms with Crippen molar-refractivity contribution in [3.05, 3.63) is 35.8 Å². The van der Waals surface area contributed by atoms with E-state index in [1.165, 1.54) is 0 Å². The summed E-state index contributed by atoms with van der Waals surface area (Å²) in [5.41, 5.74) is 1.00. The summed E-state index contributed by atoms with van der Waals surface area (Å²) >= 11 is 0. The third-order valence-electron chi connectivity index (χ3n) is 1.99. The molecule has 1 heterocycles. The largest absolute Gasteiger partial charge is 0.466 e. The zero-order chi connectivity index (χ0) is 11.3. The van der Waals surface area contributed by atoms with Crippen molar-refractivity contribution in [2.45, 2.75) is 20.4 Å². The number of urea groups is 1. The standard InChI is InChI=1S/C11H16N2O2/c1-4-5-12-11(14)13-7-10-6-8(2)15-9(10)3/h4,6H,1,5,7H2,2-3H3,(H2,12,13,14). The van der Waals surface area contributed by atoms with Crippen LogP contribution >= 0.6 is 0 Å². The Bertz CT molecular complexity index is 355. The number of furan rings is 1. The number of hydrogen-bond acceptors (Lipinski definition) is 2. The Morgan fingerprint density at radius 3 is 2.80 bits per heavy atom. The van der Waals surface area contributed by atoms with E-state index in [-0.39, 0.29) is 6.03 Å². The fraction of sp³-hybridized carbons (Fsp3) is 0.364. The van der Waals surface area contributed by atoms with Crippen LogP contribution in [0, 0.1) is 13.8 Å². The fourth-order valence-electron chi connectivity index (χ4n) is 1.26. The van der Waals surface area contributed by atoms with Gasteiger partial charge in [-0.15, -0.1) is 6.58 Å². The average molecular weight is 208 g/mol. The highest BCUT2D eigenvalue weighted by atomic mass is 16.3. The van der Waals surface area contributed by atoms with E-state index in [0.29, 0.717) is 13.1 Å².